The van der Waals surface area contributed by atoms with Gasteiger partial charge in [0.25, 0.3) is 11.5 Å². The summed E-state index contributed by atoms with van der Waals surface area (Å²) in [6, 6.07) is 19.1. The molecule has 1 atom stereocenters. The lowest BCUT2D eigenvalue weighted by Crippen LogP contribution is -2.48. The number of fused-ring (bicyclic) bond motifs is 1. The maximum atomic E-state index is 13.1. The van der Waals surface area contributed by atoms with Gasteiger partial charge >= 0.3 is 11.9 Å². The fourth-order valence-electron chi connectivity index (χ4n) is 4.61. The first-order valence-electron chi connectivity index (χ1n) is 11.8. The van der Waals surface area contributed by atoms with Gasteiger partial charge in [0.2, 0.25) is 0 Å². The molecule has 1 aromatic heterocycles. The first kappa shape index (κ1) is 25.5. The number of benzene rings is 3. The molecule has 1 aliphatic heterocycles. The number of nitrogens with zero attached hydrogens (tertiary/aromatic N) is 1. The van der Waals surface area contributed by atoms with Crippen LogP contribution in [0.15, 0.2) is 77.4 Å². The highest BCUT2D eigenvalue weighted by molar-refractivity contribution is 9.10. The number of hydrogen-bond acceptors (Lipinski definition) is 7. The van der Waals surface area contributed by atoms with Crippen LogP contribution in [0, 0.1) is 16.0 Å². The Balaban J connectivity index is 1.48. The molecule has 2 heterocycles. The standard InChI is InChI=1S/C28H23BrN2O7/c1-28(2)37-26(32)25(27(33)38-28)24(20-14-30-22-6-4-3-5-19(20)22)17-9-12-23(21(29)13-17)36-15-16-7-10-18(11-8-16)31(34)35/h3-14,24-25,30H,15H2,1-2H3/t24-/m0/s1. The average Bonchev–Trinajstić information content (AvgIpc) is 3.29. The third-order valence-electron chi connectivity index (χ3n) is 6.35. The van der Waals surface area contributed by atoms with E-state index in [-0.39, 0.29) is 12.3 Å². The van der Waals surface area contributed by atoms with Crippen LogP contribution in [-0.2, 0) is 25.7 Å². The van der Waals surface area contributed by atoms with Gasteiger partial charge in [-0.25, -0.2) is 0 Å². The number of ether oxygens (including phenoxy) is 3. The minimum Gasteiger partial charge on any atom is -0.488 e. The van der Waals surface area contributed by atoms with Crippen molar-refractivity contribution in [3.63, 3.8) is 0 Å². The van der Waals surface area contributed by atoms with E-state index in [1.807, 2.05) is 24.3 Å². The van der Waals surface area contributed by atoms with Crippen LogP contribution in [0.2, 0.25) is 0 Å². The highest BCUT2D eigenvalue weighted by Gasteiger charge is 2.48. The summed E-state index contributed by atoms with van der Waals surface area (Å²) >= 11 is 3.55. The van der Waals surface area contributed by atoms with Crippen LogP contribution in [0.25, 0.3) is 10.9 Å². The number of rotatable bonds is 7. The molecule has 38 heavy (non-hydrogen) atoms. The largest absolute Gasteiger partial charge is 0.488 e. The SMILES string of the molecule is CC1(C)OC(=O)C([C@@H](c2ccc(OCc3ccc([N+](=O)[O-])cc3)c(Br)c2)c2c[nH]c3ccccc23)C(=O)O1. The van der Waals surface area contributed by atoms with Crippen molar-refractivity contribution in [1.82, 2.24) is 4.98 Å². The summed E-state index contributed by atoms with van der Waals surface area (Å²) in [6.45, 7) is 3.24. The van der Waals surface area contributed by atoms with Gasteiger partial charge in [-0.1, -0.05) is 24.3 Å². The molecule has 1 N–H and O–H groups in total. The average molecular weight is 579 g/mol. The van der Waals surface area contributed by atoms with Crippen molar-refractivity contribution in [2.45, 2.75) is 32.2 Å². The number of non-ortho nitro benzene ring substituents is 1. The van der Waals surface area contributed by atoms with E-state index in [1.54, 1.807) is 36.5 Å². The Bertz CT molecular complexity index is 1520. The molecule has 1 fully saturated rings. The van der Waals surface area contributed by atoms with Gasteiger partial charge < -0.3 is 19.2 Å². The molecule has 10 heteroatoms. The summed E-state index contributed by atoms with van der Waals surface area (Å²) in [5, 5.41) is 11.7. The Morgan fingerprint density at radius 1 is 1.05 bits per heavy atom. The Morgan fingerprint density at radius 2 is 1.74 bits per heavy atom. The molecular formula is C28H23BrN2O7. The molecule has 1 saturated heterocycles. The highest BCUT2D eigenvalue weighted by Crippen LogP contribution is 2.42. The zero-order valence-corrected chi connectivity index (χ0v) is 22.1. The Kier molecular flexibility index (Phi) is 6.66. The number of aromatic amines is 1. The normalized spacial score (nSPS) is 16.1. The predicted octanol–water partition coefficient (Wildman–Crippen LogP) is 6.00. The molecule has 0 unspecified atom stereocenters. The zero-order chi connectivity index (χ0) is 27.0. The van der Waals surface area contributed by atoms with Crippen LogP contribution in [0.1, 0.15) is 36.5 Å². The summed E-state index contributed by atoms with van der Waals surface area (Å²) < 4.78 is 17.5. The lowest BCUT2D eigenvalue weighted by Gasteiger charge is -2.36. The van der Waals surface area contributed by atoms with E-state index in [0.29, 0.717) is 15.8 Å². The monoisotopic (exact) mass is 578 g/mol. The molecule has 9 nitrogen and oxygen atoms in total. The van der Waals surface area contributed by atoms with Gasteiger partial charge in [0.1, 0.15) is 12.4 Å². The number of carbonyl (C=O) groups is 2. The molecule has 0 saturated carbocycles. The number of nitro benzene ring substituents is 1. The quantitative estimate of drug-likeness (QED) is 0.123. The molecule has 194 valence electrons. The number of hydrogen-bond donors (Lipinski definition) is 1. The molecule has 0 aliphatic carbocycles. The van der Waals surface area contributed by atoms with Crippen molar-refractivity contribution < 1.29 is 28.7 Å². The third-order valence-corrected chi connectivity index (χ3v) is 6.97. The molecule has 1 aliphatic rings. The first-order valence-corrected chi connectivity index (χ1v) is 12.6. The molecule has 0 amide bonds. The van der Waals surface area contributed by atoms with E-state index >= 15 is 0 Å². The van der Waals surface area contributed by atoms with Crippen LogP contribution >= 0.6 is 15.9 Å². The lowest BCUT2D eigenvalue weighted by molar-refractivity contribution is -0.384. The van der Waals surface area contributed by atoms with Crippen molar-refractivity contribution in [3.8, 4) is 5.75 Å². The topological polar surface area (TPSA) is 121 Å². The number of nitrogens with one attached hydrogen (secondary N) is 1. The van der Waals surface area contributed by atoms with E-state index < -0.39 is 34.5 Å². The number of cyclic esters (lactones) is 2. The predicted molar refractivity (Wildman–Crippen MR) is 141 cm³/mol. The molecule has 4 aromatic rings. The summed E-state index contributed by atoms with van der Waals surface area (Å²) in [4.78, 5) is 39.9. The van der Waals surface area contributed by atoms with E-state index in [0.717, 1.165) is 22.0 Å². The second kappa shape index (κ2) is 9.94. The fraction of sp³-hybridized carbons (Fsp3) is 0.214. The lowest BCUT2D eigenvalue weighted by atomic mass is 9.80. The number of halogens is 1. The minimum atomic E-state index is -1.34. The maximum Gasteiger partial charge on any atom is 0.324 e. The number of H-pyrrole nitrogens is 1. The number of aromatic nitrogens is 1. The summed E-state index contributed by atoms with van der Waals surface area (Å²) in [5.41, 5.74) is 3.07. The van der Waals surface area contributed by atoms with Gasteiger partial charge in [0, 0.05) is 49.0 Å². The molecule has 0 radical (unpaired) electrons. The second-order valence-electron chi connectivity index (χ2n) is 9.39. The molecule has 0 bridgehead atoms. The van der Waals surface area contributed by atoms with Crippen molar-refractivity contribution in [1.29, 1.82) is 0 Å². The van der Waals surface area contributed by atoms with Crippen LogP contribution < -0.4 is 4.74 Å². The minimum absolute atomic E-state index is 0.00533. The van der Waals surface area contributed by atoms with Crippen LogP contribution in [0.3, 0.4) is 0 Å². The van der Waals surface area contributed by atoms with Gasteiger partial charge in [0.15, 0.2) is 5.92 Å². The van der Waals surface area contributed by atoms with Crippen molar-refractivity contribution in [3.05, 3.63) is 104 Å². The smallest absolute Gasteiger partial charge is 0.324 e. The number of nitro groups is 1. The Morgan fingerprint density at radius 3 is 2.39 bits per heavy atom. The fourth-order valence-corrected chi connectivity index (χ4v) is 5.12. The van der Waals surface area contributed by atoms with Crippen LogP contribution in [0.5, 0.6) is 5.75 Å². The molecule has 5 rings (SSSR count). The third kappa shape index (κ3) is 4.99. The van der Waals surface area contributed by atoms with Crippen LogP contribution in [0.4, 0.5) is 5.69 Å². The summed E-state index contributed by atoms with van der Waals surface area (Å²) in [5.74, 6) is -4.03. The first-order chi connectivity index (χ1) is 18.1. The van der Waals surface area contributed by atoms with E-state index in [4.69, 9.17) is 14.2 Å². The van der Waals surface area contributed by atoms with Gasteiger partial charge in [-0.05, 0) is 63.0 Å². The second-order valence-corrected chi connectivity index (χ2v) is 10.2. The highest BCUT2D eigenvalue weighted by atomic mass is 79.9. The van der Waals surface area contributed by atoms with E-state index in [2.05, 4.69) is 20.9 Å². The zero-order valence-electron chi connectivity index (χ0n) is 20.5. The van der Waals surface area contributed by atoms with Gasteiger partial charge in [-0.15, -0.1) is 0 Å². The van der Waals surface area contributed by atoms with Gasteiger partial charge in [0.05, 0.1) is 9.40 Å². The maximum absolute atomic E-state index is 13.1. The Hall–Kier alpha value is -4.18. The Labute approximate surface area is 226 Å². The summed E-state index contributed by atoms with van der Waals surface area (Å²) in [6.07, 6.45) is 1.79. The molecular weight excluding hydrogens is 556 g/mol. The van der Waals surface area contributed by atoms with Crippen molar-refractivity contribution in [2.24, 2.45) is 5.92 Å². The van der Waals surface area contributed by atoms with E-state index in [1.165, 1.54) is 26.0 Å². The summed E-state index contributed by atoms with van der Waals surface area (Å²) in [7, 11) is 0. The number of para-hydroxylation sites is 1. The number of carbonyl (C=O) groups excluding carboxylic acids is 2. The van der Waals surface area contributed by atoms with Crippen LogP contribution in [-0.4, -0.2) is 27.6 Å². The van der Waals surface area contributed by atoms with Gasteiger partial charge in [-0.2, -0.15) is 0 Å². The van der Waals surface area contributed by atoms with Gasteiger partial charge in [-0.3, -0.25) is 19.7 Å². The molecule has 3 aromatic carbocycles. The number of esters is 2. The van der Waals surface area contributed by atoms with Crippen molar-refractivity contribution in [2.75, 3.05) is 0 Å². The molecule has 0 spiro atoms. The van der Waals surface area contributed by atoms with Crippen molar-refractivity contribution >= 4 is 44.5 Å². The van der Waals surface area contributed by atoms with E-state index in [9.17, 15) is 19.7 Å².